The summed E-state index contributed by atoms with van der Waals surface area (Å²) < 4.78 is 73.7. The van der Waals surface area contributed by atoms with Crippen molar-refractivity contribution in [2.45, 2.75) is 59.3 Å². The van der Waals surface area contributed by atoms with Gasteiger partial charge in [-0.15, -0.1) is 0 Å². The molecule has 0 fully saturated rings. The van der Waals surface area contributed by atoms with Gasteiger partial charge in [0.1, 0.15) is 57.3 Å². The highest BCUT2D eigenvalue weighted by Crippen LogP contribution is 2.31. The Morgan fingerprint density at radius 2 is 0.928 bits per heavy atom. The maximum atomic E-state index is 11.9. The van der Waals surface area contributed by atoms with Crippen LogP contribution < -0.4 is 29.0 Å². The second-order valence-electron chi connectivity index (χ2n) is 14.9. The van der Waals surface area contributed by atoms with Gasteiger partial charge in [0, 0.05) is 55.9 Å². The van der Waals surface area contributed by atoms with E-state index in [2.05, 4.69) is 115 Å². The zero-order valence-corrected chi connectivity index (χ0v) is 50.4. The maximum Gasteiger partial charge on any atom is 0.410 e. The van der Waals surface area contributed by atoms with Crippen LogP contribution in [0.1, 0.15) is 49.2 Å². The lowest BCUT2D eigenvalue weighted by Gasteiger charge is -2.24. The summed E-state index contributed by atoms with van der Waals surface area (Å²) in [6.07, 6.45) is 0.602. The standard InChI is InChI=1S/C12H20BrN3O3.C7H12BrN3O.C7H11BrN2O4S.C7H11BrN2O2.C6H9BrN2O2/c1-12(2,3)19-11(17)15(4)7-8-9(13)10(18-6)16(5)14-8;1-9-4-5-6(8)7(12-3)11(2)10-5;1-10-7(13-2)6(8)5(9-10)4-14-15(3,11)12;1-10-7(12-3)6(8)5(9-10)4-11-2;1-9-6(11-2)5(7)4(3-10)8-9/h7H2,1-6H3;9H,4H2,1-3H3;4H2,1-3H3;4H2,1-3H3;10H,3H2,1-2H3. The molecular weight excluding hydrogens is 1260 g/mol. The molecule has 5 aromatic rings. The van der Waals surface area contributed by atoms with Gasteiger partial charge in [-0.2, -0.15) is 33.9 Å². The van der Waals surface area contributed by atoms with Crippen LogP contribution in [0.5, 0.6) is 29.4 Å². The number of rotatable bonds is 15. The Bertz CT molecular complexity index is 2450. The van der Waals surface area contributed by atoms with E-state index in [1.807, 2.05) is 41.9 Å². The number of aliphatic hydroxyl groups is 1. The molecule has 0 atom stereocenters. The topological polar surface area (TPSA) is 250 Å². The lowest BCUT2D eigenvalue weighted by atomic mass is 10.2. The van der Waals surface area contributed by atoms with Crippen molar-refractivity contribution in [3.63, 3.8) is 0 Å². The van der Waals surface area contributed by atoms with Gasteiger partial charge in [-0.3, -0.25) is 4.18 Å². The first-order valence-corrected chi connectivity index (χ1v) is 25.7. The molecule has 0 saturated heterocycles. The predicted molar refractivity (Wildman–Crippen MR) is 274 cm³/mol. The summed E-state index contributed by atoms with van der Waals surface area (Å²) in [6.45, 7) is 6.85. The number of carbonyl (C=O) groups excluding carboxylic acids is 1. The van der Waals surface area contributed by atoms with Crippen molar-refractivity contribution in [2.75, 3.05) is 63.0 Å². The molecule has 30 heteroatoms. The summed E-state index contributed by atoms with van der Waals surface area (Å²) in [5, 5.41) is 32.6. The van der Waals surface area contributed by atoms with Gasteiger partial charge in [-0.05, 0) is 107 Å². The molecule has 0 saturated carbocycles. The summed E-state index contributed by atoms with van der Waals surface area (Å²) in [6, 6.07) is 0. The summed E-state index contributed by atoms with van der Waals surface area (Å²) in [5.74, 6) is 3.21. The molecule has 0 aliphatic heterocycles. The van der Waals surface area contributed by atoms with Crippen molar-refractivity contribution in [2.24, 2.45) is 35.2 Å². The van der Waals surface area contributed by atoms with Crippen molar-refractivity contribution in [1.82, 2.24) is 59.1 Å². The van der Waals surface area contributed by atoms with Crippen LogP contribution in [0, 0.1) is 0 Å². The fourth-order valence-electron chi connectivity index (χ4n) is 5.38. The summed E-state index contributed by atoms with van der Waals surface area (Å²) in [4.78, 5) is 13.3. The van der Waals surface area contributed by atoms with E-state index in [-0.39, 0.29) is 19.3 Å². The number of ether oxygens (including phenoxy) is 7. The second-order valence-corrected chi connectivity index (χ2v) is 20.5. The van der Waals surface area contributed by atoms with Gasteiger partial charge in [-0.25, -0.2) is 28.2 Å². The minimum absolute atomic E-state index is 0.0855. The van der Waals surface area contributed by atoms with E-state index < -0.39 is 15.7 Å². The lowest BCUT2D eigenvalue weighted by Crippen LogP contribution is -2.34. The molecular formula is C39H63Br5N12O12S. The van der Waals surface area contributed by atoms with Crippen molar-refractivity contribution >= 4 is 95.9 Å². The molecule has 0 aliphatic carbocycles. The smallest absolute Gasteiger partial charge is 0.410 e. The van der Waals surface area contributed by atoms with Gasteiger partial charge >= 0.3 is 6.09 Å². The van der Waals surface area contributed by atoms with E-state index >= 15 is 0 Å². The Morgan fingerprint density at radius 1 is 0.609 bits per heavy atom. The molecule has 392 valence electrons. The Balaban J connectivity index is 0.000000438. The fourth-order valence-corrected chi connectivity index (χ4v) is 8.82. The largest absolute Gasteiger partial charge is 0.480 e. The molecule has 5 rings (SSSR count). The highest BCUT2D eigenvalue weighted by atomic mass is 79.9. The van der Waals surface area contributed by atoms with Crippen LogP contribution >= 0.6 is 79.6 Å². The Kier molecular flexibility index (Phi) is 27.4. The van der Waals surface area contributed by atoms with Gasteiger partial charge in [0.15, 0.2) is 0 Å². The van der Waals surface area contributed by atoms with Crippen molar-refractivity contribution in [3.8, 4) is 29.4 Å². The minimum atomic E-state index is -3.46. The van der Waals surface area contributed by atoms with Crippen LogP contribution in [0.2, 0.25) is 0 Å². The number of nitrogens with zero attached hydrogens (tertiary/aromatic N) is 11. The highest BCUT2D eigenvalue weighted by Gasteiger charge is 2.23. The normalized spacial score (nSPS) is 10.9. The monoisotopic (exact) mass is 1320 g/mol. The number of methoxy groups -OCH3 is 6. The molecule has 1 amide bonds. The van der Waals surface area contributed by atoms with Crippen LogP contribution in [0.15, 0.2) is 22.4 Å². The highest BCUT2D eigenvalue weighted by molar-refractivity contribution is 9.11. The molecule has 0 aliphatic rings. The van der Waals surface area contributed by atoms with Crippen LogP contribution in [-0.2, 0) is 91.9 Å². The molecule has 0 bridgehead atoms. The number of aliphatic hydroxyl groups excluding tert-OH is 1. The molecule has 69 heavy (non-hydrogen) atoms. The van der Waals surface area contributed by atoms with E-state index in [4.69, 9.17) is 38.3 Å². The quantitative estimate of drug-likeness (QED) is 0.111. The number of hydrogen-bond acceptors (Lipinski definition) is 18. The first-order valence-electron chi connectivity index (χ1n) is 19.9. The average Bonchev–Trinajstić information content (AvgIpc) is 3.98. The van der Waals surface area contributed by atoms with E-state index in [1.54, 1.807) is 82.5 Å². The Morgan fingerprint density at radius 3 is 1.23 bits per heavy atom. The third-order valence-electron chi connectivity index (χ3n) is 8.27. The summed E-state index contributed by atoms with van der Waals surface area (Å²) in [5.41, 5.74) is 3.07. The first kappa shape index (κ1) is 63.5. The van der Waals surface area contributed by atoms with Gasteiger partial charge in [0.2, 0.25) is 29.4 Å². The van der Waals surface area contributed by atoms with E-state index in [0.717, 1.165) is 43.5 Å². The van der Waals surface area contributed by atoms with Crippen LogP contribution in [0.3, 0.4) is 0 Å². The SMILES string of the molecule is CNCc1nn(C)c(OC)c1Br.COCc1nn(C)c(OC)c1Br.COc1c(Br)c(CN(C)C(=O)OC(C)(C)C)nn1C.COc1c(Br)c(CO)nn1C.COc1c(Br)c(COS(C)(=O)=O)nn1C. The second kappa shape index (κ2) is 29.8. The number of halogens is 5. The van der Waals surface area contributed by atoms with Gasteiger partial charge in [0.25, 0.3) is 10.1 Å². The van der Waals surface area contributed by atoms with Gasteiger partial charge in [0.05, 0.1) is 67.3 Å². The zero-order valence-electron chi connectivity index (χ0n) is 41.7. The number of amides is 1. The number of carbonyl (C=O) groups is 1. The molecule has 0 unspecified atom stereocenters. The Hall–Kier alpha value is -3.49. The molecule has 2 N–H and O–H groups in total. The van der Waals surface area contributed by atoms with Gasteiger partial charge in [-0.1, -0.05) is 0 Å². The van der Waals surface area contributed by atoms with Crippen molar-refractivity contribution < 1.29 is 55.7 Å². The first-order chi connectivity index (χ1) is 32.1. The zero-order chi connectivity index (χ0) is 53.1. The molecule has 5 aromatic heterocycles. The number of nitrogens with one attached hydrogen (secondary N) is 1. The molecule has 0 spiro atoms. The molecule has 24 nitrogen and oxygen atoms in total. The summed E-state index contributed by atoms with van der Waals surface area (Å²) in [7, 11) is 18.5. The third-order valence-corrected chi connectivity index (χ3v) is 12.8. The van der Waals surface area contributed by atoms with Crippen LogP contribution in [0.25, 0.3) is 0 Å². The molecule has 0 aromatic carbocycles. The van der Waals surface area contributed by atoms with E-state index in [0.29, 0.717) is 62.7 Å². The molecule has 5 heterocycles. The Labute approximate surface area is 445 Å². The lowest BCUT2D eigenvalue weighted by molar-refractivity contribution is 0.0282. The number of aromatic nitrogens is 10. The van der Waals surface area contributed by atoms with Gasteiger partial charge < -0.3 is 48.5 Å². The van der Waals surface area contributed by atoms with Crippen molar-refractivity contribution in [1.29, 1.82) is 0 Å². The number of aryl methyl sites for hydroxylation is 5. The van der Waals surface area contributed by atoms with Crippen LogP contribution in [0.4, 0.5) is 4.79 Å². The third kappa shape index (κ3) is 19.6. The van der Waals surface area contributed by atoms with Crippen LogP contribution in [-0.4, -0.2) is 142 Å². The number of hydrogen-bond donors (Lipinski definition) is 2. The van der Waals surface area contributed by atoms with E-state index in [9.17, 15) is 13.2 Å². The average molecular weight is 1320 g/mol. The molecule has 0 radical (unpaired) electrons. The predicted octanol–water partition coefficient (Wildman–Crippen LogP) is 6.16. The summed E-state index contributed by atoms with van der Waals surface area (Å²) >= 11 is 16.7. The minimum Gasteiger partial charge on any atom is -0.480 e. The van der Waals surface area contributed by atoms with E-state index in [1.165, 1.54) is 16.7 Å². The fraction of sp³-hybridized carbons (Fsp3) is 0.590. The maximum absolute atomic E-state index is 11.9. The van der Waals surface area contributed by atoms with Crippen molar-refractivity contribution in [3.05, 3.63) is 50.8 Å².